The fraction of sp³-hybridized carbons (Fsp3) is 0.346. The first kappa shape index (κ1) is 21.2. The lowest BCUT2D eigenvalue weighted by Gasteiger charge is -2.45. The van der Waals surface area contributed by atoms with Crippen LogP contribution in [0.2, 0.25) is 0 Å². The van der Waals surface area contributed by atoms with E-state index in [0.29, 0.717) is 19.4 Å². The third kappa shape index (κ3) is 4.52. The molecule has 0 radical (unpaired) electrons. The molecule has 2 atom stereocenters. The molecule has 5 nitrogen and oxygen atoms in total. The first-order valence-electron chi connectivity index (χ1n) is 10.7. The average Bonchev–Trinajstić information content (AvgIpc) is 3.28. The highest BCUT2D eigenvalue weighted by molar-refractivity contribution is 5.70. The molecule has 5 heteroatoms. The number of hydrogen-bond acceptors (Lipinski definition) is 4. The van der Waals surface area contributed by atoms with Gasteiger partial charge in [0.25, 0.3) is 0 Å². The van der Waals surface area contributed by atoms with Crippen molar-refractivity contribution in [1.82, 2.24) is 4.90 Å². The van der Waals surface area contributed by atoms with E-state index in [-0.39, 0.29) is 12.1 Å². The van der Waals surface area contributed by atoms with Crippen molar-refractivity contribution >= 4 is 6.09 Å². The summed E-state index contributed by atoms with van der Waals surface area (Å²) in [5, 5.41) is 10.5. The highest BCUT2D eigenvalue weighted by atomic mass is 16.6. The Bertz CT molecular complexity index is 1010. The molecule has 1 aliphatic rings. The molecule has 1 amide bonds. The quantitative estimate of drug-likeness (QED) is 0.540. The Balaban J connectivity index is 1.54. The number of amides is 1. The molecule has 1 aliphatic heterocycles. The van der Waals surface area contributed by atoms with Gasteiger partial charge in [0.15, 0.2) is 0 Å². The summed E-state index contributed by atoms with van der Waals surface area (Å²) in [5.41, 5.74) is 2.25. The Hall–Kier alpha value is -3.05. The van der Waals surface area contributed by atoms with Crippen molar-refractivity contribution in [3.8, 4) is 11.1 Å². The second-order valence-electron chi connectivity index (χ2n) is 8.97. The first-order chi connectivity index (χ1) is 14.8. The molecular formula is C26H29NO4. The van der Waals surface area contributed by atoms with Crippen molar-refractivity contribution in [3.05, 3.63) is 84.3 Å². The van der Waals surface area contributed by atoms with Gasteiger partial charge >= 0.3 is 6.09 Å². The van der Waals surface area contributed by atoms with Gasteiger partial charge in [-0.2, -0.15) is 0 Å². The molecule has 1 aromatic heterocycles. The number of rotatable bonds is 6. The van der Waals surface area contributed by atoms with E-state index in [1.54, 1.807) is 31.3 Å². The van der Waals surface area contributed by atoms with Crippen LogP contribution in [0.15, 0.2) is 77.6 Å². The van der Waals surface area contributed by atoms with E-state index in [2.05, 4.69) is 0 Å². The van der Waals surface area contributed by atoms with E-state index in [9.17, 15) is 9.90 Å². The van der Waals surface area contributed by atoms with E-state index < -0.39 is 11.2 Å². The molecule has 3 aromatic rings. The Morgan fingerprint density at radius 1 is 1.06 bits per heavy atom. The fourth-order valence-corrected chi connectivity index (χ4v) is 4.45. The Morgan fingerprint density at radius 3 is 2.35 bits per heavy atom. The Morgan fingerprint density at radius 2 is 1.77 bits per heavy atom. The largest absolute Gasteiger partial charge is 0.472 e. The zero-order valence-electron chi connectivity index (χ0n) is 18.2. The summed E-state index contributed by atoms with van der Waals surface area (Å²) < 4.78 is 11.2. The van der Waals surface area contributed by atoms with Crippen molar-refractivity contribution in [2.24, 2.45) is 0 Å². The van der Waals surface area contributed by atoms with E-state index >= 15 is 0 Å². The van der Waals surface area contributed by atoms with Crippen LogP contribution in [-0.2, 0) is 10.3 Å². The van der Waals surface area contributed by atoms with Gasteiger partial charge in [0.05, 0.1) is 24.2 Å². The molecule has 1 unspecified atom stereocenters. The number of hydrogen-bond donors (Lipinski definition) is 1. The van der Waals surface area contributed by atoms with E-state index in [1.165, 1.54) is 0 Å². The van der Waals surface area contributed by atoms with Gasteiger partial charge in [-0.1, -0.05) is 54.6 Å². The number of aliphatic hydroxyl groups is 1. The van der Waals surface area contributed by atoms with Gasteiger partial charge in [0.1, 0.15) is 5.60 Å². The minimum Gasteiger partial charge on any atom is -0.472 e. The Labute approximate surface area is 183 Å². The number of carbonyl (C=O) groups is 1. The minimum absolute atomic E-state index is 0.123. The molecule has 2 heterocycles. The molecule has 0 bridgehead atoms. The monoisotopic (exact) mass is 419 g/mol. The fourth-order valence-electron chi connectivity index (χ4n) is 4.45. The van der Waals surface area contributed by atoms with Crippen LogP contribution >= 0.6 is 0 Å². The molecule has 1 N–H and O–H groups in total. The lowest BCUT2D eigenvalue weighted by atomic mass is 9.80. The third-order valence-electron chi connectivity index (χ3n) is 6.01. The summed E-state index contributed by atoms with van der Waals surface area (Å²) >= 11 is 0. The van der Waals surface area contributed by atoms with Gasteiger partial charge in [-0.25, -0.2) is 4.79 Å². The molecule has 0 spiro atoms. The molecule has 0 aliphatic carbocycles. The van der Waals surface area contributed by atoms with Gasteiger partial charge < -0.3 is 19.2 Å². The van der Waals surface area contributed by atoms with Crippen LogP contribution < -0.4 is 0 Å². The summed E-state index contributed by atoms with van der Waals surface area (Å²) in [5.74, 6) is 0. The summed E-state index contributed by atoms with van der Waals surface area (Å²) in [4.78, 5) is 14.9. The van der Waals surface area contributed by atoms with Gasteiger partial charge in [-0.05, 0) is 43.5 Å². The van der Waals surface area contributed by atoms with Crippen molar-refractivity contribution in [2.45, 2.75) is 50.9 Å². The maximum absolute atomic E-state index is 13.1. The van der Waals surface area contributed by atoms with Gasteiger partial charge in [0, 0.05) is 24.9 Å². The molecule has 1 fully saturated rings. The standard InChI is InChI=1S/C26H29NO4/c1-19(20-9-11-21(12-10-20)22-13-16-30-17-22)27-15-14-26(31-24(27)28,18-25(2,3)29)23-7-5-4-6-8-23/h4-13,16-17,19,29H,14-15,18H2,1-3H3/t19-,26?/m0/s1. The van der Waals surface area contributed by atoms with Crippen LogP contribution in [-0.4, -0.2) is 28.2 Å². The second kappa shape index (κ2) is 8.23. The van der Waals surface area contributed by atoms with Crippen LogP contribution in [0.3, 0.4) is 0 Å². The SMILES string of the molecule is C[C@@H](c1ccc(-c2ccoc2)cc1)N1CCC(CC(C)(C)O)(c2ccccc2)OC1=O. The summed E-state index contributed by atoms with van der Waals surface area (Å²) in [6.07, 6.45) is 3.97. The van der Waals surface area contributed by atoms with Crippen molar-refractivity contribution in [3.63, 3.8) is 0 Å². The summed E-state index contributed by atoms with van der Waals surface area (Å²) in [7, 11) is 0. The molecule has 1 saturated heterocycles. The van der Waals surface area contributed by atoms with Crippen LogP contribution in [0.4, 0.5) is 4.79 Å². The molecule has 31 heavy (non-hydrogen) atoms. The number of ether oxygens (including phenoxy) is 1. The lowest BCUT2D eigenvalue weighted by molar-refractivity contribution is -0.101. The van der Waals surface area contributed by atoms with E-state index in [1.807, 2.05) is 67.6 Å². The van der Waals surface area contributed by atoms with Crippen molar-refractivity contribution in [1.29, 1.82) is 0 Å². The van der Waals surface area contributed by atoms with Crippen molar-refractivity contribution < 1.29 is 19.1 Å². The smallest absolute Gasteiger partial charge is 0.411 e. The van der Waals surface area contributed by atoms with Crippen LogP contribution in [0.1, 0.15) is 50.8 Å². The number of nitrogens with zero attached hydrogens (tertiary/aromatic N) is 1. The molecule has 2 aromatic carbocycles. The van der Waals surface area contributed by atoms with Gasteiger partial charge in [-0.15, -0.1) is 0 Å². The van der Waals surface area contributed by atoms with Crippen LogP contribution in [0.25, 0.3) is 11.1 Å². The predicted molar refractivity (Wildman–Crippen MR) is 119 cm³/mol. The number of cyclic esters (lactones) is 1. The van der Waals surface area contributed by atoms with Crippen LogP contribution in [0.5, 0.6) is 0 Å². The molecular weight excluding hydrogens is 390 g/mol. The molecule has 162 valence electrons. The first-order valence-corrected chi connectivity index (χ1v) is 10.7. The van der Waals surface area contributed by atoms with E-state index in [0.717, 1.165) is 22.3 Å². The maximum atomic E-state index is 13.1. The highest BCUT2D eigenvalue weighted by Crippen LogP contribution is 2.42. The van der Waals surface area contributed by atoms with Crippen LogP contribution in [0, 0.1) is 0 Å². The predicted octanol–water partition coefficient (Wildman–Crippen LogP) is 5.91. The Kier molecular flexibility index (Phi) is 5.63. The zero-order chi connectivity index (χ0) is 22.1. The lowest BCUT2D eigenvalue weighted by Crippen LogP contribution is -2.51. The summed E-state index contributed by atoms with van der Waals surface area (Å²) in [6.45, 7) is 6.07. The number of furan rings is 1. The molecule has 0 saturated carbocycles. The van der Waals surface area contributed by atoms with E-state index in [4.69, 9.17) is 9.15 Å². The highest BCUT2D eigenvalue weighted by Gasteiger charge is 2.46. The third-order valence-corrected chi connectivity index (χ3v) is 6.01. The maximum Gasteiger partial charge on any atom is 0.411 e. The molecule has 4 rings (SSSR count). The van der Waals surface area contributed by atoms with Gasteiger partial charge in [-0.3, -0.25) is 0 Å². The van der Waals surface area contributed by atoms with Gasteiger partial charge in [0.2, 0.25) is 0 Å². The summed E-state index contributed by atoms with van der Waals surface area (Å²) in [6, 6.07) is 19.7. The minimum atomic E-state index is -0.965. The zero-order valence-corrected chi connectivity index (χ0v) is 18.2. The number of carbonyl (C=O) groups excluding carboxylic acids is 1. The normalized spacial score (nSPS) is 20.4. The number of benzene rings is 2. The average molecular weight is 420 g/mol. The second-order valence-corrected chi connectivity index (χ2v) is 8.97. The topological polar surface area (TPSA) is 62.9 Å². The van der Waals surface area contributed by atoms with Crippen molar-refractivity contribution in [2.75, 3.05) is 6.54 Å².